The molecule has 0 saturated carbocycles. The summed E-state index contributed by atoms with van der Waals surface area (Å²) in [6, 6.07) is 19.9. The Morgan fingerprint density at radius 1 is 0.970 bits per heavy atom. The van der Waals surface area contributed by atoms with E-state index in [1.807, 2.05) is 48.5 Å². The molecule has 3 rings (SSSR count). The lowest BCUT2D eigenvalue weighted by Gasteiger charge is -2.13. The number of carbonyl (C=O) groups is 2. The summed E-state index contributed by atoms with van der Waals surface area (Å²) in [5, 5.41) is 13.7. The van der Waals surface area contributed by atoms with Crippen LogP contribution in [0.1, 0.15) is 31.2 Å². The minimum Gasteiger partial charge on any atom is -0.488 e. The Hall–Kier alpha value is -3.67. The van der Waals surface area contributed by atoms with Crippen LogP contribution >= 0.6 is 0 Å². The predicted octanol–water partition coefficient (Wildman–Crippen LogP) is 5.29. The van der Waals surface area contributed by atoms with E-state index >= 15 is 0 Å². The maximum atomic E-state index is 13.1. The average Bonchev–Trinajstić information content (AvgIpc) is 2.81. The monoisotopic (exact) mass is 449 g/mol. The third-order valence-electron chi connectivity index (χ3n) is 5.27. The maximum absolute atomic E-state index is 13.1. The van der Waals surface area contributed by atoms with Gasteiger partial charge in [0.2, 0.25) is 5.91 Å². The normalized spacial score (nSPS) is 11.4. The molecule has 3 aromatic carbocycles. The van der Waals surface area contributed by atoms with Crippen molar-refractivity contribution in [3.63, 3.8) is 0 Å². The van der Waals surface area contributed by atoms with Crippen molar-refractivity contribution in [3.8, 4) is 5.75 Å². The third kappa shape index (κ3) is 7.75. The lowest BCUT2D eigenvalue weighted by atomic mass is 10.1. The van der Waals surface area contributed by atoms with Crippen LogP contribution < -0.4 is 10.1 Å². The Kier molecular flexibility index (Phi) is 9.00. The van der Waals surface area contributed by atoms with Crippen LogP contribution in [0, 0.1) is 5.82 Å². The van der Waals surface area contributed by atoms with Crippen molar-refractivity contribution in [1.82, 2.24) is 5.32 Å². The molecule has 172 valence electrons. The molecule has 33 heavy (non-hydrogen) atoms. The highest BCUT2D eigenvalue weighted by Gasteiger charge is 2.11. The van der Waals surface area contributed by atoms with Crippen molar-refractivity contribution in [2.24, 2.45) is 0 Å². The molecule has 0 saturated heterocycles. The van der Waals surface area contributed by atoms with Crippen molar-refractivity contribution < 1.29 is 23.8 Å². The van der Waals surface area contributed by atoms with E-state index in [4.69, 9.17) is 9.84 Å². The summed E-state index contributed by atoms with van der Waals surface area (Å²) in [5.41, 5.74) is 1.43. The second-order valence-electron chi connectivity index (χ2n) is 7.77. The van der Waals surface area contributed by atoms with Crippen LogP contribution in [-0.2, 0) is 16.0 Å². The topological polar surface area (TPSA) is 75.6 Å². The Balaban J connectivity index is 1.62. The zero-order valence-corrected chi connectivity index (χ0v) is 18.4. The average molecular weight is 450 g/mol. The van der Waals surface area contributed by atoms with Gasteiger partial charge in [-0.3, -0.25) is 9.59 Å². The van der Waals surface area contributed by atoms with Crippen molar-refractivity contribution in [1.29, 1.82) is 0 Å². The largest absolute Gasteiger partial charge is 0.488 e. The van der Waals surface area contributed by atoms with Gasteiger partial charge in [0.1, 0.15) is 18.2 Å². The summed E-state index contributed by atoms with van der Waals surface area (Å²) >= 11 is 0. The Bertz CT molecular complexity index is 1100. The van der Waals surface area contributed by atoms with Crippen LogP contribution in [0.5, 0.6) is 5.75 Å². The number of hydrogen-bond donors (Lipinski definition) is 2. The standard InChI is InChI=1S/C27H28FNO4/c28-23-15-13-20(14-16-23)17-18-29-27(32)22(8-2-1-3-12-26(30)31)19-33-25-11-6-9-21-7-4-5-10-24(21)25/h4-11,13-16H,1-3,12,17-19H2,(H,29,32)(H,30,31). The number of carboxylic acids is 1. The number of rotatable bonds is 12. The minimum atomic E-state index is -0.822. The number of hydrogen-bond acceptors (Lipinski definition) is 3. The Morgan fingerprint density at radius 2 is 1.73 bits per heavy atom. The van der Waals surface area contributed by atoms with Gasteiger partial charge in [-0.15, -0.1) is 0 Å². The molecule has 0 aliphatic carbocycles. The summed E-state index contributed by atoms with van der Waals surface area (Å²) in [5.74, 6) is -0.641. The highest BCUT2D eigenvalue weighted by molar-refractivity contribution is 5.94. The number of amides is 1. The van der Waals surface area contributed by atoms with E-state index in [0.29, 0.717) is 43.6 Å². The zero-order valence-electron chi connectivity index (χ0n) is 18.4. The van der Waals surface area contributed by atoms with Gasteiger partial charge in [0.05, 0.1) is 5.57 Å². The first-order valence-corrected chi connectivity index (χ1v) is 11.1. The fraction of sp³-hybridized carbons (Fsp3) is 0.259. The van der Waals surface area contributed by atoms with Gasteiger partial charge in [-0.05, 0) is 54.8 Å². The molecular weight excluding hydrogens is 421 g/mol. The van der Waals surface area contributed by atoms with Gasteiger partial charge < -0.3 is 15.2 Å². The molecule has 0 bridgehead atoms. The molecule has 0 aliphatic rings. The number of allylic oxidation sites excluding steroid dienone is 1. The summed E-state index contributed by atoms with van der Waals surface area (Å²) in [4.78, 5) is 23.5. The summed E-state index contributed by atoms with van der Waals surface area (Å²) in [6.07, 6.45) is 4.33. The highest BCUT2D eigenvalue weighted by atomic mass is 19.1. The van der Waals surface area contributed by atoms with Gasteiger partial charge in [0.15, 0.2) is 0 Å². The quantitative estimate of drug-likeness (QED) is 0.291. The third-order valence-corrected chi connectivity index (χ3v) is 5.27. The molecule has 0 fully saturated rings. The number of unbranched alkanes of at least 4 members (excludes halogenated alkanes) is 2. The zero-order chi connectivity index (χ0) is 23.5. The van der Waals surface area contributed by atoms with E-state index in [2.05, 4.69) is 5.32 Å². The smallest absolute Gasteiger partial charge is 0.303 e. The number of carbonyl (C=O) groups excluding carboxylic acids is 1. The van der Waals surface area contributed by atoms with Gasteiger partial charge in [0, 0.05) is 18.4 Å². The van der Waals surface area contributed by atoms with Gasteiger partial charge in [-0.2, -0.15) is 0 Å². The lowest BCUT2D eigenvalue weighted by Crippen LogP contribution is -2.29. The molecule has 1 amide bonds. The Labute approximate surface area is 192 Å². The van der Waals surface area contributed by atoms with Crippen molar-refractivity contribution in [2.45, 2.75) is 32.1 Å². The first-order chi connectivity index (χ1) is 16.0. The van der Waals surface area contributed by atoms with Crippen LogP contribution in [0.4, 0.5) is 4.39 Å². The molecule has 2 N–H and O–H groups in total. The first kappa shape index (κ1) is 24.0. The lowest BCUT2D eigenvalue weighted by molar-refractivity contribution is -0.137. The molecular formula is C27H28FNO4. The summed E-state index contributed by atoms with van der Waals surface area (Å²) in [7, 11) is 0. The van der Waals surface area contributed by atoms with E-state index in [1.54, 1.807) is 12.1 Å². The molecule has 0 unspecified atom stereocenters. The second-order valence-corrected chi connectivity index (χ2v) is 7.77. The summed E-state index contributed by atoms with van der Waals surface area (Å²) in [6.45, 7) is 0.518. The number of halogens is 1. The van der Waals surface area contributed by atoms with Crippen molar-refractivity contribution in [3.05, 3.63) is 89.8 Å². The molecule has 6 heteroatoms. The van der Waals surface area contributed by atoms with Crippen LogP contribution in [-0.4, -0.2) is 30.1 Å². The van der Waals surface area contributed by atoms with Crippen LogP contribution in [0.2, 0.25) is 0 Å². The van der Waals surface area contributed by atoms with E-state index < -0.39 is 5.97 Å². The number of carboxylic acid groups (broad SMARTS) is 1. The minimum absolute atomic E-state index is 0.106. The van der Waals surface area contributed by atoms with E-state index in [0.717, 1.165) is 16.3 Å². The van der Waals surface area contributed by atoms with Crippen LogP contribution in [0.15, 0.2) is 78.4 Å². The predicted molar refractivity (Wildman–Crippen MR) is 127 cm³/mol. The number of ether oxygens (including phenoxy) is 1. The molecule has 0 aliphatic heterocycles. The number of fused-ring (bicyclic) bond motifs is 1. The number of benzene rings is 3. The fourth-order valence-electron chi connectivity index (χ4n) is 3.48. The first-order valence-electron chi connectivity index (χ1n) is 11.1. The number of aliphatic carboxylic acids is 1. The number of nitrogens with one attached hydrogen (secondary N) is 1. The van der Waals surface area contributed by atoms with Gasteiger partial charge in [0.25, 0.3) is 0 Å². The maximum Gasteiger partial charge on any atom is 0.303 e. The molecule has 3 aromatic rings. The molecule has 0 radical (unpaired) electrons. The molecule has 0 spiro atoms. The van der Waals surface area contributed by atoms with Crippen molar-refractivity contribution in [2.75, 3.05) is 13.2 Å². The molecule has 0 aromatic heterocycles. The van der Waals surface area contributed by atoms with E-state index in [-0.39, 0.29) is 24.8 Å². The molecule has 0 heterocycles. The van der Waals surface area contributed by atoms with Crippen LogP contribution in [0.25, 0.3) is 10.8 Å². The Morgan fingerprint density at radius 3 is 2.52 bits per heavy atom. The summed E-state index contributed by atoms with van der Waals surface area (Å²) < 4.78 is 19.1. The van der Waals surface area contributed by atoms with Crippen molar-refractivity contribution >= 4 is 22.6 Å². The van der Waals surface area contributed by atoms with Crippen LogP contribution in [0.3, 0.4) is 0 Å². The van der Waals surface area contributed by atoms with E-state index in [1.165, 1.54) is 12.1 Å². The van der Waals surface area contributed by atoms with E-state index in [9.17, 15) is 14.0 Å². The highest BCUT2D eigenvalue weighted by Crippen LogP contribution is 2.25. The van der Waals surface area contributed by atoms with Gasteiger partial charge >= 0.3 is 5.97 Å². The van der Waals surface area contributed by atoms with Gasteiger partial charge in [-0.1, -0.05) is 54.6 Å². The second kappa shape index (κ2) is 12.4. The van der Waals surface area contributed by atoms with Gasteiger partial charge in [-0.25, -0.2) is 4.39 Å². The molecule has 0 atom stereocenters. The molecule has 5 nitrogen and oxygen atoms in total. The fourth-order valence-corrected chi connectivity index (χ4v) is 3.48. The SMILES string of the molecule is O=C(O)CCCCC=C(COc1cccc2ccccc12)C(=O)NCCc1ccc(F)cc1.